The molecule has 0 aromatic rings. The molecule has 1 heterocycles. The number of amidine groups is 1. The van der Waals surface area contributed by atoms with E-state index in [9.17, 15) is 9.90 Å². The van der Waals surface area contributed by atoms with E-state index in [4.69, 9.17) is 5.73 Å². The van der Waals surface area contributed by atoms with Crippen LogP contribution in [0.15, 0.2) is 29.5 Å². The number of carboxylic acids is 1. The van der Waals surface area contributed by atoms with Crippen molar-refractivity contribution in [2.24, 2.45) is 10.7 Å². The summed E-state index contributed by atoms with van der Waals surface area (Å²) in [6, 6.07) is 0. The minimum Gasteiger partial charge on any atom is -0.477 e. The molecular weight excluding hydrogens is 410 g/mol. The molecule has 2 atom stereocenters. The number of quaternary nitrogens is 1. The molecule has 0 radical (unpaired) electrons. The molecule has 0 saturated heterocycles. The Bertz CT molecular complexity index is 598. The summed E-state index contributed by atoms with van der Waals surface area (Å²) in [5.74, 6) is -0.146. The van der Waals surface area contributed by atoms with Gasteiger partial charge >= 0.3 is 5.97 Å². The second-order valence-electron chi connectivity index (χ2n) is 9.86. The summed E-state index contributed by atoms with van der Waals surface area (Å²) in [5.41, 5.74) is 6.09. The lowest BCUT2D eigenvalue weighted by Crippen LogP contribution is -2.58. The summed E-state index contributed by atoms with van der Waals surface area (Å²) < 4.78 is 0.0882. The van der Waals surface area contributed by atoms with Crippen molar-refractivity contribution in [1.82, 2.24) is 0 Å². The maximum atomic E-state index is 11.3. The molecule has 0 aromatic heterocycles. The summed E-state index contributed by atoms with van der Waals surface area (Å²) in [6.07, 6.45) is 31.7. The average Bonchev–Trinajstić information content (AvgIpc) is 3.18. The third kappa shape index (κ3) is 13.1. The Morgan fingerprint density at radius 1 is 0.909 bits per heavy atom. The summed E-state index contributed by atoms with van der Waals surface area (Å²) in [7, 11) is 0. The van der Waals surface area contributed by atoms with Gasteiger partial charge in [-0.3, -0.25) is 5.73 Å². The van der Waals surface area contributed by atoms with Gasteiger partial charge in [0.05, 0.1) is 6.20 Å². The number of carboxylic acid groups (broad SMARTS) is 1. The Hall–Kier alpha value is -1.46. The smallest absolute Gasteiger partial charge is 0.360 e. The van der Waals surface area contributed by atoms with Crippen LogP contribution in [-0.2, 0) is 4.79 Å². The molecule has 0 bridgehead atoms. The Kier molecular flexibility index (Phi) is 16.9. The minimum atomic E-state index is -0.867. The van der Waals surface area contributed by atoms with Crippen molar-refractivity contribution in [3.63, 3.8) is 0 Å². The lowest BCUT2D eigenvalue weighted by Gasteiger charge is -2.33. The van der Waals surface area contributed by atoms with E-state index in [1.807, 2.05) is 13.0 Å². The van der Waals surface area contributed by atoms with Crippen molar-refractivity contribution in [1.29, 1.82) is 0 Å². The monoisotopic (exact) mass is 462 g/mol. The van der Waals surface area contributed by atoms with Gasteiger partial charge in [-0.2, -0.15) is 4.99 Å². The number of nitrogens with two attached hydrogens (primary N) is 1. The van der Waals surface area contributed by atoms with Gasteiger partial charge in [0, 0.05) is 13.0 Å². The quantitative estimate of drug-likeness (QED) is 0.128. The first-order valence-corrected chi connectivity index (χ1v) is 13.8. The molecule has 5 nitrogen and oxygen atoms in total. The van der Waals surface area contributed by atoms with Crippen molar-refractivity contribution in [2.75, 3.05) is 6.54 Å². The topological polar surface area (TPSA) is 75.7 Å². The second kappa shape index (κ2) is 18.9. The number of rotatable bonds is 22. The third-order valence-corrected chi connectivity index (χ3v) is 6.83. The van der Waals surface area contributed by atoms with Crippen molar-refractivity contribution in [3.05, 3.63) is 24.6 Å². The van der Waals surface area contributed by atoms with Crippen molar-refractivity contribution in [2.45, 2.75) is 136 Å². The molecule has 0 spiro atoms. The highest BCUT2D eigenvalue weighted by atomic mass is 16.4. The zero-order valence-electron chi connectivity index (χ0n) is 21.6. The Morgan fingerprint density at radius 2 is 1.36 bits per heavy atom. The van der Waals surface area contributed by atoms with Gasteiger partial charge in [-0.15, -0.1) is 0 Å². The van der Waals surface area contributed by atoms with E-state index in [2.05, 4.69) is 18.0 Å². The van der Waals surface area contributed by atoms with Crippen LogP contribution in [0.3, 0.4) is 0 Å². The average molecular weight is 463 g/mol. The number of allylic oxidation sites excluding steroid dienone is 1. The molecule has 0 fully saturated rings. The first-order chi connectivity index (χ1) is 16.0. The number of aliphatic imine (C=N–C) groups is 1. The molecule has 33 heavy (non-hydrogen) atoms. The first-order valence-electron chi connectivity index (χ1n) is 13.8. The molecular formula is C28H52N3O2+. The highest BCUT2D eigenvalue weighted by molar-refractivity contribution is 5.90. The number of hydrogen-bond donors (Lipinski definition) is 2. The molecule has 3 N–H and O–H groups in total. The lowest BCUT2D eigenvalue weighted by atomic mass is 10.0. The molecule has 190 valence electrons. The van der Waals surface area contributed by atoms with Gasteiger partial charge < -0.3 is 5.11 Å². The fourth-order valence-corrected chi connectivity index (χ4v) is 4.62. The maximum Gasteiger partial charge on any atom is 0.360 e. The normalized spacial score (nSPS) is 18.8. The summed E-state index contributed by atoms with van der Waals surface area (Å²) in [6.45, 7) is 4.04. The van der Waals surface area contributed by atoms with Gasteiger partial charge in [-0.1, -0.05) is 116 Å². The molecule has 1 rings (SSSR count). The van der Waals surface area contributed by atoms with Gasteiger partial charge in [0.1, 0.15) is 12.4 Å². The largest absolute Gasteiger partial charge is 0.477 e. The molecule has 0 amide bonds. The van der Waals surface area contributed by atoms with E-state index in [-0.39, 0.29) is 17.2 Å². The van der Waals surface area contributed by atoms with E-state index in [0.717, 1.165) is 12.3 Å². The van der Waals surface area contributed by atoms with Crippen molar-refractivity contribution in [3.8, 4) is 0 Å². The van der Waals surface area contributed by atoms with Crippen LogP contribution in [0.1, 0.15) is 129 Å². The molecule has 5 heteroatoms. The van der Waals surface area contributed by atoms with Crippen molar-refractivity contribution >= 4 is 11.8 Å². The predicted octanol–water partition coefficient (Wildman–Crippen LogP) is 7.67. The first kappa shape index (κ1) is 29.6. The van der Waals surface area contributed by atoms with Crippen LogP contribution in [0.4, 0.5) is 0 Å². The van der Waals surface area contributed by atoms with Crippen molar-refractivity contribution < 1.29 is 14.4 Å². The highest BCUT2D eigenvalue weighted by Gasteiger charge is 2.39. The van der Waals surface area contributed by atoms with Crippen LogP contribution in [0.2, 0.25) is 0 Å². The van der Waals surface area contributed by atoms with Gasteiger partial charge in [0.15, 0.2) is 6.54 Å². The van der Waals surface area contributed by atoms with E-state index in [0.29, 0.717) is 0 Å². The zero-order valence-corrected chi connectivity index (χ0v) is 21.6. The van der Waals surface area contributed by atoms with Gasteiger partial charge in [0.25, 0.3) is 0 Å². The SMILES string of the molecule is CCCCCCCCCCCCCCCCCCC/C=C/C1=NC=C[N+]1(CC(=O)O)C(C)N. The van der Waals surface area contributed by atoms with Crippen LogP contribution < -0.4 is 5.73 Å². The number of nitrogens with zero attached hydrogens (tertiary/aromatic N) is 2. The Balaban J connectivity index is 1.95. The fourth-order valence-electron chi connectivity index (χ4n) is 4.62. The highest BCUT2D eigenvalue weighted by Crippen LogP contribution is 2.21. The molecule has 0 saturated carbocycles. The van der Waals surface area contributed by atoms with Crippen LogP contribution in [0.5, 0.6) is 0 Å². The second-order valence-corrected chi connectivity index (χ2v) is 9.86. The van der Waals surface area contributed by atoms with Gasteiger partial charge in [0.2, 0.25) is 5.84 Å². The molecule has 0 aliphatic carbocycles. The maximum absolute atomic E-state index is 11.3. The van der Waals surface area contributed by atoms with E-state index < -0.39 is 5.97 Å². The molecule has 0 aromatic carbocycles. The summed E-state index contributed by atoms with van der Waals surface area (Å²) >= 11 is 0. The number of hydrogen-bond acceptors (Lipinski definition) is 3. The fraction of sp³-hybridized carbons (Fsp3) is 0.786. The van der Waals surface area contributed by atoms with E-state index >= 15 is 0 Å². The van der Waals surface area contributed by atoms with Gasteiger partial charge in [-0.05, 0) is 12.8 Å². The minimum absolute atomic E-state index is 0.0730. The molecule has 2 unspecified atom stereocenters. The van der Waals surface area contributed by atoms with E-state index in [1.165, 1.54) is 109 Å². The lowest BCUT2D eigenvalue weighted by molar-refractivity contribution is -0.803. The third-order valence-electron chi connectivity index (χ3n) is 6.83. The molecule has 1 aliphatic heterocycles. The summed E-state index contributed by atoms with van der Waals surface area (Å²) in [4.78, 5) is 15.6. The molecule has 1 aliphatic rings. The number of unbranched alkanes of at least 4 members (excludes halogenated alkanes) is 17. The summed E-state index contributed by atoms with van der Waals surface area (Å²) in [5, 5.41) is 9.26. The Labute approximate surface area is 203 Å². The predicted molar refractivity (Wildman–Crippen MR) is 141 cm³/mol. The Morgan fingerprint density at radius 3 is 1.79 bits per heavy atom. The van der Waals surface area contributed by atoms with Crippen LogP contribution in [-0.4, -0.2) is 34.1 Å². The van der Waals surface area contributed by atoms with Crippen LogP contribution in [0, 0.1) is 0 Å². The van der Waals surface area contributed by atoms with Crippen LogP contribution >= 0.6 is 0 Å². The van der Waals surface area contributed by atoms with Crippen LogP contribution in [0.25, 0.3) is 0 Å². The van der Waals surface area contributed by atoms with E-state index in [1.54, 1.807) is 12.4 Å². The van der Waals surface area contributed by atoms with Gasteiger partial charge in [-0.25, -0.2) is 9.28 Å². The standard InChI is InChI=1S/C28H51N3O2/c1-3-4-5-6-7-8-9-10-11-12-13-14-15-16-17-18-19-20-21-22-27-30-23-24-31(27,26(2)29)25-28(32)33/h21-24,26H,3-20,25,29H2,1-2H3/p+1/b22-21+. The number of carbonyl (C=O) groups is 1. The zero-order chi connectivity index (χ0) is 24.2. The number of aliphatic carboxylic acids is 1.